The lowest BCUT2D eigenvalue weighted by Crippen LogP contribution is -2.28. The van der Waals surface area contributed by atoms with Crippen LogP contribution in [-0.2, 0) is 10.0 Å². The zero-order chi connectivity index (χ0) is 15.3. The molecule has 0 fully saturated rings. The molecule has 0 amide bonds. The molecule has 114 valence electrons. The zero-order valence-corrected chi connectivity index (χ0v) is 13.2. The molecule has 0 aliphatic heterocycles. The number of benzene rings is 1. The molecule has 0 saturated heterocycles. The van der Waals surface area contributed by atoms with Crippen LogP contribution >= 0.6 is 0 Å². The van der Waals surface area contributed by atoms with Gasteiger partial charge in [0.2, 0.25) is 10.0 Å². The third-order valence-electron chi connectivity index (χ3n) is 2.80. The Morgan fingerprint density at radius 2 is 2.00 bits per heavy atom. The van der Waals surface area contributed by atoms with E-state index in [1.165, 1.54) is 23.5 Å². The van der Waals surface area contributed by atoms with Crippen molar-refractivity contribution in [2.24, 2.45) is 0 Å². The maximum absolute atomic E-state index is 13.8. The Morgan fingerprint density at radius 3 is 2.50 bits per heavy atom. The number of hydrogen-bond donors (Lipinski definition) is 0. The van der Waals surface area contributed by atoms with E-state index in [0.29, 0.717) is 6.54 Å². The molecule has 4 nitrogen and oxygen atoms in total. The van der Waals surface area contributed by atoms with E-state index in [0.717, 1.165) is 18.9 Å². The molecule has 0 atom stereocenters. The third-order valence-corrected chi connectivity index (χ3v) is 4.65. The predicted molar refractivity (Wildman–Crippen MR) is 76.9 cm³/mol. The molecule has 0 aromatic heterocycles. The van der Waals surface area contributed by atoms with E-state index in [9.17, 15) is 12.8 Å². The molecule has 0 bridgehead atoms. The molecule has 0 spiro atoms. The Labute approximate surface area is 120 Å². The van der Waals surface area contributed by atoms with Crippen LogP contribution in [0.15, 0.2) is 23.1 Å². The van der Waals surface area contributed by atoms with Crippen molar-refractivity contribution >= 4 is 10.0 Å². The van der Waals surface area contributed by atoms with Crippen LogP contribution in [0.1, 0.15) is 33.6 Å². The van der Waals surface area contributed by atoms with E-state index >= 15 is 0 Å². The SMILES string of the molecule is CCCCN(C)S(=O)(=O)c1ccc(OC(C)C)c(F)c1. The molecule has 1 aromatic rings. The second-order valence-electron chi connectivity index (χ2n) is 4.94. The molecule has 0 N–H and O–H groups in total. The summed E-state index contributed by atoms with van der Waals surface area (Å²) in [5.41, 5.74) is 0. The van der Waals surface area contributed by atoms with Gasteiger partial charge in [0.15, 0.2) is 11.6 Å². The Morgan fingerprint density at radius 1 is 1.35 bits per heavy atom. The minimum Gasteiger partial charge on any atom is -0.488 e. The Kier molecular flexibility index (Phi) is 5.95. The first-order valence-corrected chi connectivity index (χ1v) is 8.15. The Hall–Kier alpha value is -1.14. The van der Waals surface area contributed by atoms with E-state index in [1.807, 2.05) is 6.92 Å². The van der Waals surface area contributed by atoms with Crippen LogP contribution in [0.4, 0.5) is 4.39 Å². The van der Waals surface area contributed by atoms with Gasteiger partial charge in [-0.3, -0.25) is 0 Å². The van der Waals surface area contributed by atoms with Gasteiger partial charge in [0.25, 0.3) is 0 Å². The lowest BCUT2D eigenvalue weighted by molar-refractivity contribution is 0.231. The van der Waals surface area contributed by atoms with Gasteiger partial charge in [0.05, 0.1) is 11.0 Å². The van der Waals surface area contributed by atoms with Crippen molar-refractivity contribution in [1.29, 1.82) is 0 Å². The molecular weight excluding hydrogens is 281 g/mol. The maximum atomic E-state index is 13.8. The molecule has 1 aromatic carbocycles. The summed E-state index contributed by atoms with van der Waals surface area (Å²) in [7, 11) is -2.14. The first-order valence-electron chi connectivity index (χ1n) is 6.71. The average molecular weight is 303 g/mol. The third kappa shape index (κ3) is 4.18. The second-order valence-corrected chi connectivity index (χ2v) is 6.98. The molecule has 0 radical (unpaired) electrons. The van der Waals surface area contributed by atoms with Gasteiger partial charge in [-0.05, 0) is 38.5 Å². The fraction of sp³-hybridized carbons (Fsp3) is 0.571. The van der Waals surface area contributed by atoms with Crippen molar-refractivity contribution in [3.63, 3.8) is 0 Å². The number of halogens is 1. The van der Waals surface area contributed by atoms with Crippen LogP contribution in [0.5, 0.6) is 5.75 Å². The van der Waals surface area contributed by atoms with Gasteiger partial charge in [0.1, 0.15) is 0 Å². The highest BCUT2D eigenvalue weighted by Gasteiger charge is 2.22. The summed E-state index contributed by atoms with van der Waals surface area (Å²) < 4.78 is 44.8. The molecule has 0 aliphatic carbocycles. The standard InChI is InChI=1S/C14H22FNO3S/c1-5-6-9-16(4)20(17,18)12-7-8-14(13(15)10-12)19-11(2)3/h7-8,10-11H,5-6,9H2,1-4H3. The fourth-order valence-corrected chi connectivity index (χ4v) is 2.89. The molecular formula is C14H22FNO3S. The molecule has 0 saturated carbocycles. The lowest BCUT2D eigenvalue weighted by Gasteiger charge is -2.17. The van der Waals surface area contributed by atoms with Crippen LogP contribution in [0.2, 0.25) is 0 Å². The highest BCUT2D eigenvalue weighted by Crippen LogP contribution is 2.23. The minimum absolute atomic E-state index is 0.0512. The summed E-state index contributed by atoms with van der Waals surface area (Å²) in [5.74, 6) is -0.598. The second kappa shape index (κ2) is 7.04. The fourth-order valence-electron chi connectivity index (χ4n) is 1.67. The predicted octanol–water partition coefficient (Wildman–Crippen LogP) is 3.03. The first kappa shape index (κ1) is 16.9. The molecule has 0 unspecified atom stereocenters. The molecule has 0 heterocycles. The zero-order valence-electron chi connectivity index (χ0n) is 12.4. The normalized spacial score (nSPS) is 12.2. The van der Waals surface area contributed by atoms with Gasteiger partial charge in [-0.2, -0.15) is 0 Å². The van der Waals surface area contributed by atoms with E-state index in [2.05, 4.69) is 0 Å². The van der Waals surface area contributed by atoms with Crippen molar-refractivity contribution in [3.8, 4) is 5.75 Å². The van der Waals surface area contributed by atoms with Crippen LogP contribution in [-0.4, -0.2) is 32.4 Å². The number of unbranched alkanes of at least 4 members (excludes halogenated alkanes) is 1. The highest BCUT2D eigenvalue weighted by molar-refractivity contribution is 7.89. The summed E-state index contributed by atoms with van der Waals surface area (Å²) in [4.78, 5) is -0.0512. The molecule has 6 heteroatoms. The van der Waals surface area contributed by atoms with Crippen LogP contribution < -0.4 is 4.74 Å². The smallest absolute Gasteiger partial charge is 0.242 e. The summed E-state index contributed by atoms with van der Waals surface area (Å²) in [5, 5.41) is 0. The quantitative estimate of drug-likeness (QED) is 0.778. The first-order chi connectivity index (χ1) is 9.28. The summed E-state index contributed by atoms with van der Waals surface area (Å²) in [6.45, 7) is 5.97. The van der Waals surface area contributed by atoms with Gasteiger partial charge < -0.3 is 4.74 Å². The van der Waals surface area contributed by atoms with Gasteiger partial charge in [-0.1, -0.05) is 13.3 Å². The largest absolute Gasteiger partial charge is 0.488 e. The van der Waals surface area contributed by atoms with Gasteiger partial charge in [0, 0.05) is 13.6 Å². The van der Waals surface area contributed by atoms with E-state index in [4.69, 9.17) is 4.74 Å². The van der Waals surface area contributed by atoms with Crippen LogP contribution in [0.25, 0.3) is 0 Å². The number of sulfonamides is 1. The number of rotatable bonds is 7. The molecule has 0 aliphatic rings. The van der Waals surface area contributed by atoms with Gasteiger partial charge in [-0.15, -0.1) is 0 Å². The molecule has 20 heavy (non-hydrogen) atoms. The summed E-state index contributed by atoms with van der Waals surface area (Å²) in [6, 6.07) is 3.74. The van der Waals surface area contributed by atoms with Gasteiger partial charge >= 0.3 is 0 Å². The van der Waals surface area contributed by atoms with Crippen LogP contribution in [0.3, 0.4) is 0 Å². The van der Waals surface area contributed by atoms with Crippen molar-refractivity contribution in [2.45, 2.75) is 44.6 Å². The topological polar surface area (TPSA) is 46.6 Å². The van der Waals surface area contributed by atoms with Gasteiger partial charge in [-0.25, -0.2) is 17.1 Å². The average Bonchev–Trinajstić information content (AvgIpc) is 2.37. The minimum atomic E-state index is -3.64. The lowest BCUT2D eigenvalue weighted by atomic mass is 10.3. The van der Waals surface area contributed by atoms with Crippen molar-refractivity contribution in [3.05, 3.63) is 24.0 Å². The van der Waals surface area contributed by atoms with E-state index in [1.54, 1.807) is 13.8 Å². The summed E-state index contributed by atoms with van der Waals surface area (Å²) >= 11 is 0. The Bertz CT molecular complexity index is 543. The maximum Gasteiger partial charge on any atom is 0.242 e. The van der Waals surface area contributed by atoms with Crippen LogP contribution in [0, 0.1) is 5.82 Å². The van der Waals surface area contributed by atoms with E-state index in [-0.39, 0.29) is 16.7 Å². The highest BCUT2D eigenvalue weighted by atomic mass is 32.2. The monoisotopic (exact) mass is 303 g/mol. The van der Waals surface area contributed by atoms with Crippen molar-refractivity contribution < 1.29 is 17.5 Å². The summed E-state index contributed by atoms with van der Waals surface area (Å²) in [6.07, 6.45) is 1.50. The number of nitrogens with zero attached hydrogens (tertiary/aromatic N) is 1. The number of ether oxygens (including phenoxy) is 1. The van der Waals surface area contributed by atoms with Crippen molar-refractivity contribution in [1.82, 2.24) is 4.31 Å². The van der Waals surface area contributed by atoms with E-state index < -0.39 is 15.8 Å². The Balaban J connectivity index is 2.99. The molecule has 1 rings (SSSR count). The number of hydrogen-bond acceptors (Lipinski definition) is 3. The van der Waals surface area contributed by atoms with Crippen molar-refractivity contribution in [2.75, 3.05) is 13.6 Å².